The summed E-state index contributed by atoms with van der Waals surface area (Å²) >= 11 is 0. The molecule has 0 aliphatic carbocycles. The van der Waals surface area contributed by atoms with Gasteiger partial charge in [-0.3, -0.25) is 9.59 Å². The number of benzene rings is 2. The van der Waals surface area contributed by atoms with E-state index in [9.17, 15) is 18.8 Å². The molecule has 1 N–H and O–H groups in total. The van der Waals surface area contributed by atoms with E-state index in [1.807, 2.05) is 6.92 Å². The summed E-state index contributed by atoms with van der Waals surface area (Å²) < 4.78 is 20.1. The lowest BCUT2D eigenvalue weighted by atomic mass is 10.2. The molecule has 0 saturated heterocycles. The van der Waals surface area contributed by atoms with Crippen molar-refractivity contribution in [3.63, 3.8) is 0 Å². The van der Waals surface area contributed by atoms with Gasteiger partial charge in [0.2, 0.25) is 0 Å². The van der Waals surface area contributed by atoms with E-state index in [0.717, 1.165) is 0 Å². The van der Waals surface area contributed by atoms with E-state index < -0.39 is 24.3 Å². The largest absolute Gasteiger partial charge is 0.452 e. The van der Waals surface area contributed by atoms with E-state index in [4.69, 9.17) is 4.74 Å². The molecule has 2 aromatic carbocycles. The summed E-state index contributed by atoms with van der Waals surface area (Å²) in [7, 11) is 0. The van der Waals surface area contributed by atoms with Crippen LogP contribution in [0.5, 0.6) is 0 Å². The number of fused-ring (bicyclic) bond motifs is 1. The van der Waals surface area contributed by atoms with Crippen LogP contribution in [0.2, 0.25) is 0 Å². The zero-order valence-electron chi connectivity index (χ0n) is 16.3. The summed E-state index contributed by atoms with van der Waals surface area (Å²) in [4.78, 5) is 40.6. The third kappa shape index (κ3) is 4.31. The molecule has 0 aliphatic rings. The first-order valence-corrected chi connectivity index (χ1v) is 9.04. The van der Waals surface area contributed by atoms with Gasteiger partial charge < -0.3 is 14.6 Å². The number of carbonyl (C=O) groups excluding carboxylic acids is 2. The smallest absolute Gasteiger partial charge is 0.338 e. The van der Waals surface area contributed by atoms with Gasteiger partial charge in [0, 0.05) is 12.2 Å². The number of hydrogen-bond acceptors (Lipinski definition) is 5. The van der Waals surface area contributed by atoms with Gasteiger partial charge in [-0.15, -0.1) is 0 Å². The van der Waals surface area contributed by atoms with Crippen molar-refractivity contribution in [2.45, 2.75) is 27.3 Å². The monoisotopic (exact) mass is 397 g/mol. The average molecular weight is 397 g/mol. The number of esters is 1. The highest BCUT2D eigenvalue weighted by Crippen LogP contribution is 2.15. The molecule has 0 aliphatic heterocycles. The minimum atomic E-state index is -0.703. The Balaban J connectivity index is 1.71. The van der Waals surface area contributed by atoms with Gasteiger partial charge in [0.25, 0.3) is 11.5 Å². The lowest BCUT2D eigenvalue weighted by Crippen LogP contribution is -2.23. The van der Waals surface area contributed by atoms with Crippen LogP contribution < -0.4 is 10.9 Å². The van der Waals surface area contributed by atoms with Crippen molar-refractivity contribution in [3.05, 3.63) is 69.4 Å². The van der Waals surface area contributed by atoms with Crippen molar-refractivity contribution >= 4 is 28.6 Å². The first-order chi connectivity index (χ1) is 13.8. The zero-order valence-corrected chi connectivity index (χ0v) is 16.3. The summed E-state index contributed by atoms with van der Waals surface area (Å²) in [6.45, 7) is 5.02. The number of aromatic nitrogens is 2. The maximum atomic E-state index is 13.5. The Bertz CT molecular complexity index is 1170. The number of halogens is 1. The van der Waals surface area contributed by atoms with Gasteiger partial charge >= 0.3 is 5.97 Å². The topological polar surface area (TPSA) is 90.3 Å². The lowest BCUT2D eigenvalue weighted by molar-refractivity contribution is -0.119. The molecule has 0 spiro atoms. The first kappa shape index (κ1) is 20.2. The number of nitrogens with one attached hydrogen (secondary N) is 1. The normalized spacial score (nSPS) is 10.8. The second kappa shape index (κ2) is 8.22. The van der Waals surface area contributed by atoms with E-state index in [2.05, 4.69) is 10.3 Å². The summed E-state index contributed by atoms with van der Waals surface area (Å²) in [6, 6.07) is 8.95. The summed E-state index contributed by atoms with van der Waals surface area (Å²) in [5.41, 5.74) is 2.19. The first-order valence-electron chi connectivity index (χ1n) is 9.04. The third-order valence-corrected chi connectivity index (χ3v) is 4.45. The second-order valence-corrected chi connectivity index (χ2v) is 6.54. The molecule has 1 heterocycles. The van der Waals surface area contributed by atoms with Crippen LogP contribution in [0.1, 0.15) is 28.5 Å². The summed E-state index contributed by atoms with van der Waals surface area (Å²) in [5, 5.41) is 2.47. The highest BCUT2D eigenvalue weighted by molar-refractivity contribution is 5.97. The van der Waals surface area contributed by atoms with Crippen LogP contribution in [0, 0.1) is 19.7 Å². The summed E-state index contributed by atoms with van der Waals surface area (Å²) in [6.07, 6.45) is 0. The highest BCUT2D eigenvalue weighted by atomic mass is 19.1. The average Bonchev–Trinajstić information content (AvgIpc) is 2.69. The van der Waals surface area contributed by atoms with Gasteiger partial charge in [0.05, 0.1) is 16.6 Å². The number of ether oxygens (including phenoxy) is 1. The number of hydrogen-bond donors (Lipinski definition) is 1. The predicted molar refractivity (Wildman–Crippen MR) is 106 cm³/mol. The molecule has 0 radical (unpaired) electrons. The fourth-order valence-electron chi connectivity index (χ4n) is 2.90. The Labute approximate surface area is 166 Å². The Kier molecular flexibility index (Phi) is 5.72. The molecule has 1 amide bonds. The van der Waals surface area contributed by atoms with Gasteiger partial charge in [-0.1, -0.05) is 6.07 Å². The van der Waals surface area contributed by atoms with Crippen LogP contribution >= 0.6 is 0 Å². The third-order valence-electron chi connectivity index (χ3n) is 4.45. The Morgan fingerprint density at radius 3 is 2.62 bits per heavy atom. The molecular weight excluding hydrogens is 377 g/mol. The fourth-order valence-corrected chi connectivity index (χ4v) is 2.90. The van der Waals surface area contributed by atoms with E-state index >= 15 is 0 Å². The fraction of sp³-hybridized carbons (Fsp3) is 0.238. The van der Waals surface area contributed by atoms with Gasteiger partial charge in [-0.25, -0.2) is 14.2 Å². The minimum Gasteiger partial charge on any atom is -0.452 e. The quantitative estimate of drug-likeness (QED) is 0.669. The Hall–Kier alpha value is -3.55. The van der Waals surface area contributed by atoms with Gasteiger partial charge in [-0.2, -0.15) is 0 Å². The van der Waals surface area contributed by atoms with Crippen LogP contribution in [-0.4, -0.2) is 28.0 Å². The molecule has 8 heteroatoms. The standard InChI is InChI=1S/C21H20FN3O4/c1-4-25-18-8-6-14(9-17(18)23-13(3)20(25)27)21(28)29-11-19(26)24-15-7-5-12(2)16(22)10-15/h5-10H,4,11H2,1-3H3,(H,24,26). The molecular formula is C21H20FN3O4. The molecule has 7 nitrogen and oxygen atoms in total. The number of amides is 1. The van der Waals surface area contributed by atoms with Crippen molar-refractivity contribution in [2.75, 3.05) is 11.9 Å². The van der Waals surface area contributed by atoms with Crippen molar-refractivity contribution in [2.24, 2.45) is 0 Å². The van der Waals surface area contributed by atoms with Crippen LogP contribution in [0.25, 0.3) is 11.0 Å². The highest BCUT2D eigenvalue weighted by Gasteiger charge is 2.14. The van der Waals surface area contributed by atoms with E-state index in [-0.39, 0.29) is 16.8 Å². The van der Waals surface area contributed by atoms with Gasteiger partial charge in [-0.05, 0) is 56.7 Å². The number of anilines is 1. The van der Waals surface area contributed by atoms with Gasteiger partial charge in [0.15, 0.2) is 6.61 Å². The molecule has 0 atom stereocenters. The Morgan fingerprint density at radius 2 is 1.93 bits per heavy atom. The molecule has 0 unspecified atom stereocenters. The molecule has 3 rings (SSSR count). The van der Waals surface area contributed by atoms with Crippen molar-refractivity contribution < 1.29 is 18.7 Å². The molecule has 1 aromatic heterocycles. The maximum Gasteiger partial charge on any atom is 0.338 e. The predicted octanol–water partition coefficient (Wildman–Crippen LogP) is 2.97. The second-order valence-electron chi connectivity index (χ2n) is 6.54. The van der Waals surface area contributed by atoms with Crippen LogP contribution in [0.4, 0.5) is 10.1 Å². The van der Waals surface area contributed by atoms with Crippen molar-refractivity contribution in [1.82, 2.24) is 9.55 Å². The number of aryl methyl sites for hydroxylation is 3. The van der Waals surface area contributed by atoms with Crippen molar-refractivity contribution in [3.8, 4) is 0 Å². The lowest BCUT2D eigenvalue weighted by Gasteiger charge is -2.10. The maximum absolute atomic E-state index is 13.5. The van der Waals surface area contributed by atoms with Crippen LogP contribution in [0.15, 0.2) is 41.2 Å². The number of rotatable bonds is 5. The summed E-state index contributed by atoms with van der Waals surface area (Å²) in [5.74, 6) is -1.73. The van der Waals surface area contributed by atoms with E-state index in [1.165, 1.54) is 24.3 Å². The number of nitrogens with zero attached hydrogens (tertiary/aromatic N) is 2. The van der Waals surface area contributed by atoms with E-state index in [1.54, 1.807) is 30.5 Å². The van der Waals surface area contributed by atoms with Crippen molar-refractivity contribution in [1.29, 1.82) is 0 Å². The Morgan fingerprint density at radius 1 is 1.17 bits per heavy atom. The molecule has 150 valence electrons. The molecule has 3 aromatic rings. The van der Waals surface area contributed by atoms with E-state index in [0.29, 0.717) is 28.8 Å². The molecule has 0 bridgehead atoms. The molecule has 0 fully saturated rings. The van der Waals surface area contributed by atoms with Crippen LogP contribution in [-0.2, 0) is 16.1 Å². The molecule has 0 saturated carbocycles. The SMILES string of the molecule is CCn1c(=O)c(C)nc2cc(C(=O)OCC(=O)Nc3ccc(C)c(F)c3)ccc21. The zero-order chi connectivity index (χ0) is 21.1. The van der Waals surface area contributed by atoms with Crippen LogP contribution in [0.3, 0.4) is 0 Å². The van der Waals surface area contributed by atoms with Gasteiger partial charge in [0.1, 0.15) is 11.5 Å². The minimum absolute atomic E-state index is 0.181. The number of carbonyl (C=O) groups is 2. The molecule has 29 heavy (non-hydrogen) atoms.